The Morgan fingerprint density at radius 2 is 1.88 bits per heavy atom. The van der Waals surface area contributed by atoms with Crippen molar-refractivity contribution in [3.8, 4) is 0 Å². The number of benzene rings is 1. The van der Waals surface area contributed by atoms with E-state index in [2.05, 4.69) is 0 Å². The molecule has 0 amide bonds. The van der Waals surface area contributed by atoms with Crippen LogP contribution in [0.4, 0.5) is 0 Å². The second-order valence-corrected chi connectivity index (χ2v) is 6.73. The SMILES string of the molecule is O=S(O)O[C@@H]1CS(=O)(=O)C[C@@H]1c1ccccc1. The molecule has 1 unspecified atom stereocenters. The van der Waals surface area contributed by atoms with Gasteiger partial charge in [-0.05, 0) is 5.56 Å². The van der Waals surface area contributed by atoms with E-state index in [-0.39, 0.29) is 17.4 Å². The van der Waals surface area contributed by atoms with E-state index in [9.17, 15) is 12.6 Å². The van der Waals surface area contributed by atoms with Gasteiger partial charge < -0.3 is 0 Å². The maximum atomic E-state index is 11.5. The first-order chi connectivity index (χ1) is 7.98. The van der Waals surface area contributed by atoms with Crippen molar-refractivity contribution < 1.29 is 21.4 Å². The van der Waals surface area contributed by atoms with E-state index in [1.54, 1.807) is 24.3 Å². The van der Waals surface area contributed by atoms with Crippen molar-refractivity contribution in [3.05, 3.63) is 35.9 Å². The lowest BCUT2D eigenvalue weighted by molar-refractivity contribution is 0.210. The third-order valence-electron chi connectivity index (χ3n) is 2.73. The summed E-state index contributed by atoms with van der Waals surface area (Å²) in [6.45, 7) is 0. The predicted molar refractivity (Wildman–Crippen MR) is 63.5 cm³/mol. The Morgan fingerprint density at radius 1 is 1.24 bits per heavy atom. The third-order valence-corrected chi connectivity index (χ3v) is 4.85. The number of sulfone groups is 1. The van der Waals surface area contributed by atoms with Crippen molar-refractivity contribution in [3.63, 3.8) is 0 Å². The first-order valence-electron chi connectivity index (χ1n) is 5.01. The van der Waals surface area contributed by atoms with Gasteiger partial charge in [-0.15, -0.1) is 0 Å². The van der Waals surface area contributed by atoms with Gasteiger partial charge in [0.1, 0.15) is 0 Å². The molecule has 7 heteroatoms. The Kier molecular flexibility index (Phi) is 3.62. The van der Waals surface area contributed by atoms with Gasteiger partial charge >= 0.3 is 11.4 Å². The van der Waals surface area contributed by atoms with Gasteiger partial charge in [0.2, 0.25) is 0 Å². The zero-order valence-corrected chi connectivity index (χ0v) is 10.5. The van der Waals surface area contributed by atoms with Crippen molar-refractivity contribution in [1.29, 1.82) is 0 Å². The molecule has 1 aliphatic heterocycles. The van der Waals surface area contributed by atoms with Crippen molar-refractivity contribution in [2.45, 2.75) is 12.0 Å². The summed E-state index contributed by atoms with van der Waals surface area (Å²) in [4.78, 5) is 0. The van der Waals surface area contributed by atoms with E-state index >= 15 is 0 Å². The number of hydrogen-bond acceptors (Lipinski definition) is 4. The highest BCUT2D eigenvalue weighted by Crippen LogP contribution is 2.31. The van der Waals surface area contributed by atoms with Gasteiger partial charge in [0.15, 0.2) is 9.84 Å². The molecule has 0 radical (unpaired) electrons. The van der Waals surface area contributed by atoms with E-state index < -0.39 is 27.3 Å². The molecule has 0 aromatic heterocycles. The van der Waals surface area contributed by atoms with E-state index in [0.717, 1.165) is 5.56 Å². The lowest BCUT2D eigenvalue weighted by atomic mass is 9.97. The van der Waals surface area contributed by atoms with Gasteiger partial charge in [0.25, 0.3) is 0 Å². The van der Waals surface area contributed by atoms with Crippen LogP contribution in [0.25, 0.3) is 0 Å². The molecule has 1 N–H and O–H groups in total. The van der Waals surface area contributed by atoms with Crippen LogP contribution in [0.15, 0.2) is 30.3 Å². The summed E-state index contributed by atoms with van der Waals surface area (Å²) in [5.74, 6) is -0.630. The fourth-order valence-electron chi connectivity index (χ4n) is 2.03. The third kappa shape index (κ3) is 3.12. The normalized spacial score (nSPS) is 29.0. The molecule has 5 nitrogen and oxygen atoms in total. The fraction of sp³-hybridized carbons (Fsp3) is 0.400. The topological polar surface area (TPSA) is 80.7 Å². The standard InChI is InChI=1S/C10H12O5S2/c11-16(12)15-10-7-17(13,14)6-9(10)8-4-2-1-3-5-8/h1-5,9-10H,6-7H2,(H,11,12)/t9-,10-/m1/s1. The van der Waals surface area contributed by atoms with Crippen molar-refractivity contribution in [1.82, 2.24) is 0 Å². The van der Waals surface area contributed by atoms with Crippen LogP contribution in [-0.4, -0.2) is 34.8 Å². The maximum Gasteiger partial charge on any atom is 0.302 e. The van der Waals surface area contributed by atoms with Crippen LogP contribution < -0.4 is 0 Å². The maximum absolute atomic E-state index is 11.5. The Hall–Kier alpha value is -0.760. The van der Waals surface area contributed by atoms with E-state index in [1.807, 2.05) is 6.07 Å². The quantitative estimate of drug-likeness (QED) is 0.823. The Labute approximate surface area is 102 Å². The van der Waals surface area contributed by atoms with Crippen LogP contribution in [0, 0.1) is 0 Å². The molecule has 0 aliphatic carbocycles. The van der Waals surface area contributed by atoms with E-state index in [1.165, 1.54) is 0 Å². The number of rotatable bonds is 3. The molecule has 17 heavy (non-hydrogen) atoms. The summed E-state index contributed by atoms with van der Waals surface area (Å²) in [5.41, 5.74) is 0.809. The lowest BCUT2D eigenvalue weighted by Gasteiger charge is -2.16. The Bertz CT molecular complexity index is 511. The zero-order valence-electron chi connectivity index (χ0n) is 8.85. The highest BCUT2D eigenvalue weighted by Gasteiger charge is 2.40. The van der Waals surface area contributed by atoms with E-state index in [4.69, 9.17) is 8.74 Å². The molecule has 94 valence electrons. The molecule has 2 rings (SSSR count). The lowest BCUT2D eigenvalue weighted by Crippen LogP contribution is -2.21. The van der Waals surface area contributed by atoms with Crippen molar-refractivity contribution in [2.24, 2.45) is 0 Å². The average molecular weight is 276 g/mol. The average Bonchev–Trinajstić information content (AvgIpc) is 2.54. The highest BCUT2D eigenvalue weighted by molar-refractivity contribution is 7.91. The summed E-state index contributed by atoms with van der Waals surface area (Å²) in [5, 5.41) is 0. The molecule has 1 aromatic carbocycles. The minimum Gasteiger partial charge on any atom is -0.284 e. The van der Waals surface area contributed by atoms with Crippen LogP contribution in [0.2, 0.25) is 0 Å². The predicted octanol–water partition coefficient (Wildman–Crippen LogP) is 0.720. The van der Waals surface area contributed by atoms with Gasteiger partial charge in [-0.25, -0.2) is 8.42 Å². The van der Waals surface area contributed by atoms with Crippen molar-refractivity contribution in [2.75, 3.05) is 11.5 Å². The minimum absolute atomic E-state index is 0.0428. The minimum atomic E-state index is -3.21. The molecule has 1 fully saturated rings. The second-order valence-electron chi connectivity index (χ2n) is 3.95. The molecule has 1 aromatic rings. The second kappa shape index (κ2) is 4.85. The molecule has 0 saturated carbocycles. The molecular formula is C10H12O5S2. The summed E-state index contributed by atoms with van der Waals surface area (Å²) in [7, 11) is -3.21. The molecular weight excluding hydrogens is 264 g/mol. The van der Waals surface area contributed by atoms with Crippen LogP contribution in [-0.2, 0) is 25.4 Å². The van der Waals surface area contributed by atoms with Gasteiger partial charge in [-0.1, -0.05) is 30.3 Å². The first-order valence-corrected chi connectivity index (χ1v) is 7.86. The summed E-state index contributed by atoms with van der Waals surface area (Å²) in [6.07, 6.45) is -0.756. The summed E-state index contributed by atoms with van der Waals surface area (Å²) in [6, 6.07) is 9.01. The first kappa shape index (κ1) is 12.7. The van der Waals surface area contributed by atoms with E-state index in [0.29, 0.717) is 0 Å². The largest absolute Gasteiger partial charge is 0.302 e. The smallest absolute Gasteiger partial charge is 0.284 e. The van der Waals surface area contributed by atoms with Crippen LogP contribution in [0.5, 0.6) is 0 Å². The molecule has 0 spiro atoms. The van der Waals surface area contributed by atoms with Crippen LogP contribution in [0.3, 0.4) is 0 Å². The summed E-state index contributed by atoms with van der Waals surface area (Å²) < 4.78 is 47.2. The summed E-state index contributed by atoms with van der Waals surface area (Å²) >= 11 is -2.45. The van der Waals surface area contributed by atoms with Gasteiger partial charge in [-0.2, -0.15) is 4.21 Å². The van der Waals surface area contributed by atoms with Crippen molar-refractivity contribution >= 4 is 21.2 Å². The molecule has 3 atom stereocenters. The van der Waals surface area contributed by atoms with Gasteiger partial charge in [0.05, 0.1) is 17.6 Å². The van der Waals surface area contributed by atoms with Crippen LogP contribution >= 0.6 is 0 Å². The molecule has 1 saturated heterocycles. The Balaban J connectivity index is 2.28. The monoisotopic (exact) mass is 276 g/mol. The zero-order chi connectivity index (χ0) is 12.5. The molecule has 1 heterocycles. The Morgan fingerprint density at radius 3 is 2.47 bits per heavy atom. The van der Waals surface area contributed by atoms with Crippen LogP contribution in [0.1, 0.15) is 11.5 Å². The fourth-order valence-corrected chi connectivity index (χ4v) is 4.42. The molecule has 0 bridgehead atoms. The number of hydrogen-bond donors (Lipinski definition) is 1. The van der Waals surface area contributed by atoms with Gasteiger partial charge in [0, 0.05) is 5.92 Å². The highest BCUT2D eigenvalue weighted by atomic mass is 32.2. The molecule has 1 aliphatic rings. The van der Waals surface area contributed by atoms with Gasteiger partial charge in [-0.3, -0.25) is 8.74 Å².